The van der Waals surface area contributed by atoms with Crippen LogP contribution in [0.1, 0.15) is 21.5 Å². The van der Waals surface area contributed by atoms with E-state index in [4.69, 9.17) is 1.41 Å². The molecule has 0 atom stereocenters. The van der Waals surface area contributed by atoms with Gasteiger partial charge in [0.05, 0.1) is 5.56 Å². The van der Waals surface area contributed by atoms with Crippen molar-refractivity contribution in [1.82, 2.24) is 9.96 Å². The molecule has 2 rings (SSSR count). The Morgan fingerprint density at radius 3 is 2.58 bits per heavy atom. The van der Waals surface area contributed by atoms with E-state index in [0.29, 0.717) is 0 Å². The summed E-state index contributed by atoms with van der Waals surface area (Å²) in [5.74, 6) is -0.456. The van der Waals surface area contributed by atoms with Crippen LogP contribution < -0.4 is 16.2 Å². The number of nitrogens with zero attached hydrogens (tertiary/aromatic N) is 1. The number of ketones is 1. The molecule has 0 saturated heterocycles. The van der Waals surface area contributed by atoms with Gasteiger partial charge in [-0.05, 0) is 12.5 Å². The Morgan fingerprint density at radius 2 is 1.95 bits per heavy atom. The van der Waals surface area contributed by atoms with Gasteiger partial charge in [-0.15, -0.1) is 0 Å². The molecule has 6 heteroatoms. The van der Waals surface area contributed by atoms with Gasteiger partial charge in [0.1, 0.15) is 0 Å². The first kappa shape index (κ1) is 14.0. The second-order valence-electron chi connectivity index (χ2n) is 3.96. The number of H-pyrrole nitrogens is 1. The zero-order valence-corrected chi connectivity index (χ0v) is 14.4. The number of carbonyl (C=O) groups excluding carboxylic acids is 1. The van der Waals surface area contributed by atoms with Gasteiger partial charge in [0.25, 0.3) is 0 Å². The van der Waals surface area contributed by atoms with Gasteiger partial charge in [-0.2, -0.15) is 0 Å². The Labute approximate surface area is 134 Å². The van der Waals surface area contributed by atoms with E-state index in [0.717, 1.165) is 17.3 Å². The van der Waals surface area contributed by atoms with Gasteiger partial charge < -0.3 is 9.96 Å². The van der Waals surface area contributed by atoms with Gasteiger partial charge >= 0.3 is 0 Å². The predicted octanol–water partition coefficient (Wildman–Crippen LogP) is 0.426. The first-order chi connectivity index (χ1) is 8.99. The number of nitrogens with one attached hydrogen (secondary N) is 1. The molecule has 1 aromatic heterocycles. The van der Waals surface area contributed by atoms with Crippen molar-refractivity contribution >= 4 is 5.78 Å². The molecule has 1 aromatic carbocycles. The molecule has 1 heterocycles. The monoisotopic (exact) mass is 483 g/mol. The molecule has 0 unspecified atom stereocenters. The molecule has 0 aliphatic rings. The molecule has 19 heavy (non-hydrogen) atoms. The summed E-state index contributed by atoms with van der Waals surface area (Å²) in [6.07, 6.45) is 0.974. The molecule has 2 aromatic rings. The number of aryl methyl sites for hydroxylation is 1. The number of aromatic nitrogens is 2. The van der Waals surface area contributed by atoms with E-state index in [1.54, 1.807) is 12.1 Å². The van der Waals surface area contributed by atoms with E-state index in [2.05, 4.69) is 4.98 Å². The number of hydrogen-bond acceptors (Lipinski definition) is 3. The number of aromatic amines is 1. The zero-order chi connectivity index (χ0) is 14.0. The van der Waals surface area contributed by atoms with Crippen LogP contribution in [0, 0.1) is 38.0 Å². The van der Waals surface area contributed by atoms with Crippen LogP contribution in [0.2, 0.25) is 1.41 Å². The van der Waals surface area contributed by atoms with Crippen molar-refractivity contribution in [1.29, 1.82) is 0 Å². The maximum Gasteiger partial charge on any atom is 0.181 e. The average molecular weight is 483 g/mol. The van der Waals surface area contributed by atoms with Crippen molar-refractivity contribution in [2.24, 2.45) is 0 Å². The molecular weight excluding hydrogens is 470 g/mol. The molecule has 0 aliphatic carbocycles. The summed E-state index contributed by atoms with van der Waals surface area (Å²) >= 11 is 0. The first-order valence-electron chi connectivity index (χ1n) is 5.81. The van der Waals surface area contributed by atoms with E-state index in [1.807, 2.05) is 19.1 Å². The van der Waals surface area contributed by atoms with Crippen molar-refractivity contribution in [2.75, 3.05) is 0 Å². The largest absolute Gasteiger partial charge is 0.407 e. The first-order valence-corrected chi connectivity index (χ1v) is 5.36. The number of Topliss-reactive ketones (excluding diaryl/α,β-unsaturated/α-hetero) is 1. The van der Waals surface area contributed by atoms with Crippen molar-refractivity contribution in [2.45, 2.75) is 13.3 Å². The van der Waals surface area contributed by atoms with E-state index in [-0.39, 0.29) is 48.1 Å². The third kappa shape index (κ3) is 4.05. The van der Waals surface area contributed by atoms with Crippen molar-refractivity contribution in [3.63, 3.8) is 0 Å². The quantitative estimate of drug-likeness (QED) is 0.643. The zero-order valence-electron chi connectivity index (χ0n) is 11.2. The van der Waals surface area contributed by atoms with Gasteiger partial charge in [0, 0.05) is 38.9 Å². The van der Waals surface area contributed by atoms with E-state index in [1.165, 1.54) is 0 Å². The SMILES string of the molecule is [3H]n1c(=O)[n-]cc(C(=O)Cc2ccc(C)cc2)c1=O.[U]. The number of hydrogen-bond donors (Lipinski definition) is 1. The molecule has 96 valence electrons. The van der Waals surface area contributed by atoms with Crippen molar-refractivity contribution in [3.8, 4) is 0 Å². The van der Waals surface area contributed by atoms with Gasteiger partial charge in [0.15, 0.2) is 17.0 Å². The van der Waals surface area contributed by atoms with Crippen LogP contribution in [0.25, 0.3) is 0 Å². The van der Waals surface area contributed by atoms with Crippen LogP contribution in [0.5, 0.6) is 0 Å². The third-order valence-corrected chi connectivity index (χ3v) is 2.52. The normalized spacial score (nSPS) is 10.5. The predicted molar refractivity (Wildman–Crippen MR) is 65.9 cm³/mol. The second kappa shape index (κ2) is 6.69. The van der Waals surface area contributed by atoms with Gasteiger partial charge in [-0.1, -0.05) is 36.0 Å². The fourth-order valence-corrected chi connectivity index (χ4v) is 1.53. The van der Waals surface area contributed by atoms with Crippen molar-refractivity contribution in [3.05, 3.63) is 68.0 Å². The van der Waals surface area contributed by atoms with E-state index in [9.17, 15) is 14.4 Å². The summed E-state index contributed by atoms with van der Waals surface area (Å²) in [5, 5.41) is 0. The summed E-state index contributed by atoms with van der Waals surface area (Å²) in [5.41, 5.74) is -0.330. The second-order valence-corrected chi connectivity index (χ2v) is 3.96. The molecule has 0 spiro atoms. The standard InChI is InChI=1S/C13H12N2O3.U/c1-8-2-4-9(5-3-8)6-11(16)10-7-14-13(18)15-12(10)17;/h2-5,7H,6H2,1H3,(H2,14,15,16,17,18);/p-1/i/hT. The Bertz CT molecular complexity index is 735. The van der Waals surface area contributed by atoms with Crippen molar-refractivity contribution < 1.29 is 37.3 Å². The average Bonchev–Trinajstić information content (AvgIpc) is 2.39. The van der Waals surface area contributed by atoms with Crippen LogP contribution in [-0.4, -0.2) is 10.8 Å². The van der Waals surface area contributed by atoms with Crippen LogP contribution in [-0.2, 0) is 6.42 Å². The van der Waals surface area contributed by atoms with Crippen LogP contribution in [0.3, 0.4) is 0 Å². The molecule has 1 N–H and O–H groups in total. The molecule has 0 fully saturated rings. The maximum atomic E-state index is 11.9. The maximum absolute atomic E-state index is 11.9. The number of carbonyl (C=O) groups is 1. The van der Waals surface area contributed by atoms with Gasteiger partial charge in [-0.25, -0.2) is 0 Å². The molecule has 0 saturated carbocycles. The summed E-state index contributed by atoms with van der Waals surface area (Å²) in [7, 11) is 0. The Kier molecular flexibility index (Phi) is 4.94. The number of rotatable bonds is 3. The summed E-state index contributed by atoms with van der Waals surface area (Å²) in [6.45, 7) is 1.93. The minimum atomic E-state index is -0.989. The van der Waals surface area contributed by atoms with E-state index >= 15 is 0 Å². The fourth-order valence-electron chi connectivity index (χ4n) is 1.53. The topological polar surface area (TPSA) is 81.1 Å². The molecule has 0 bridgehead atoms. The van der Waals surface area contributed by atoms with Gasteiger partial charge in [-0.3, -0.25) is 14.4 Å². The molecule has 0 amide bonds. The van der Waals surface area contributed by atoms with Crippen LogP contribution in [0.4, 0.5) is 0 Å². The summed E-state index contributed by atoms with van der Waals surface area (Å²) < 4.78 is 7.16. The smallest absolute Gasteiger partial charge is 0.181 e. The van der Waals surface area contributed by atoms with Gasteiger partial charge in [0.2, 0.25) is 0 Å². The Balaban J connectivity index is 0.00000200. The molecule has 0 radical (unpaired) electrons. The minimum Gasteiger partial charge on any atom is -0.407 e. The minimum absolute atomic E-state index is 0. The summed E-state index contributed by atoms with van der Waals surface area (Å²) in [6, 6.07) is 7.32. The van der Waals surface area contributed by atoms with Crippen LogP contribution in [0.15, 0.2) is 40.1 Å². The molecular formula is C13H11N2O3U-. The van der Waals surface area contributed by atoms with Crippen LogP contribution >= 0.6 is 0 Å². The Morgan fingerprint density at radius 1 is 1.32 bits per heavy atom. The third-order valence-electron chi connectivity index (χ3n) is 2.52. The Hall–Kier alpha value is -1.38. The fraction of sp³-hybridized carbons (Fsp3) is 0.154. The number of benzene rings is 1. The van der Waals surface area contributed by atoms with E-state index < -0.39 is 17.0 Å². The molecule has 0 aliphatic heterocycles. The summed E-state index contributed by atoms with van der Waals surface area (Å²) in [4.78, 5) is 37.9. The molecule has 5 nitrogen and oxygen atoms in total.